The molecule has 136 valence electrons. The number of aromatic nitrogens is 4. The molecule has 9 heteroatoms. The molecule has 25 heavy (non-hydrogen) atoms. The quantitative estimate of drug-likeness (QED) is 0.816. The van der Waals surface area contributed by atoms with Crippen LogP contribution in [0.4, 0.5) is 5.82 Å². The largest absolute Gasteiger partial charge is 0.368 e. The number of hydrogen-bond donors (Lipinski definition) is 2. The van der Waals surface area contributed by atoms with E-state index in [4.69, 9.17) is 9.26 Å². The number of hydrogen-bond acceptors (Lipinski definition) is 7. The van der Waals surface area contributed by atoms with Gasteiger partial charge in [-0.3, -0.25) is 14.8 Å². The zero-order chi connectivity index (χ0) is 17.8. The number of ether oxygens (including phenoxy) is 1. The van der Waals surface area contributed by atoms with Crippen LogP contribution in [0, 0.1) is 6.92 Å². The van der Waals surface area contributed by atoms with E-state index in [1.54, 1.807) is 13.0 Å². The Bertz CT molecular complexity index is 710. The monoisotopic (exact) mass is 348 g/mol. The lowest BCUT2D eigenvalue weighted by Gasteiger charge is -2.31. The molecular weight excluding hydrogens is 324 g/mol. The summed E-state index contributed by atoms with van der Waals surface area (Å²) in [6.45, 7) is 8.61. The third-order valence-corrected chi connectivity index (χ3v) is 4.04. The Morgan fingerprint density at radius 3 is 3.04 bits per heavy atom. The molecule has 1 atom stereocenters. The Hall–Kier alpha value is -2.26. The van der Waals surface area contributed by atoms with E-state index < -0.39 is 0 Å². The normalized spacial score (nSPS) is 18.6. The first kappa shape index (κ1) is 17.6. The third kappa shape index (κ3) is 4.64. The van der Waals surface area contributed by atoms with Gasteiger partial charge in [0.15, 0.2) is 17.5 Å². The molecule has 0 aliphatic carbocycles. The van der Waals surface area contributed by atoms with Gasteiger partial charge in [-0.25, -0.2) is 4.98 Å². The number of aryl methyl sites for hydroxylation is 1. The van der Waals surface area contributed by atoms with Crippen LogP contribution >= 0.6 is 0 Å². The number of carbonyl (C=O) groups is 1. The summed E-state index contributed by atoms with van der Waals surface area (Å²) < 4.78 is 10.7. The van der Waals surface area contributed by atoms with Gasteiger partial charge < -0.3 is 14.6 Å². The summed E-state index contributed by atoms with van der Waals surface area (Å²) in [5.41, 5.74) is 0. The molecule has 3 heterocycles. The summed E-state index contributed by atoms with van der Waals surface area (Å²) >= 11 is 0. The number of nitrogens with one attached hydrogen (secondary N) is 2. The van der Waals surface area contributed by atoms with Crippen molar-refractivity contribution >= 4 is 11.7 Å². The number of H-pyrrole nitrogens is 1. The maximum atomic E-state index is 12.0. The molecule has 2 aromatic heterocycles. The van der Waals surface area contributed by atoms with Crippen LogP contribution in [-0.4, -0.2) is 57.4 Å². The highest BCUT2D eigenvalue weighted by Gasteiger charge is 2.25. The fraction of sp³-hybridized carbons (Fsp3) is 0.625. The van der Waals surface area contributed by atoms with Crippen LogP contribution in [0.5, 0.6) is 0 Å². The van der Waals surface area contributed by atoms with Crippen molar-refractivity contribution in [2.75, 3.05) is 31.6 Å². The summed E-state index contributed by atoms with van der Waals surface area (Å²) in [5, 5.41) is 13.7. The zero-order valence-electron chi connectivity index (χ0n) is 14.8. The fourth-order valence-electron chi connectivity index (χ4n) is 2.65. The van der Waals surface area contributed by atoms with Crippen LogP contribution in [0.2, 0.25) is 0 Å². The number of morpholine rings is 1. The van der Waals surface area contributed by atoms with Gasteiger partial charge in [-0.15, -0.1) is 0 Å². The number of carbonyl (C=O) groups excluding carboxylic acids is 1. The van der Waals surface area contributed by atoms with E-state index in [1.165, 1.54) is 0 Å². The first-order chi connectivity index (χ1) is 12.0. The van der Waals surface area contributed by atoms with Crippen molar-refractivity contribution in [1.29, 1.82) is 0 Å². The molecule has 1 aliphatic rings. The van der Waals surface area contributed by atoms with Gasteiger partial charge in [-0.2, -0.15) is 5.10 Å². The van der Waals surface area contributed by atoms with Gasteiger partial charge in [-0.1, -0.05) is 19.0 Å². The molecule has 0 saturated carbocycles. The number of amides is 1. The lowest BCUT2D eigenvalue weighted by molar-refractivity contribution is -0.117. The van der Waals surface area contributed by atoms with Crippen LogP contribution in [-0.2, 0) is 9.53 Å². The highest BCUT2D eigenvalue weighted by Crippen LogP contribution is 2.20. The molecule has 3 rings (SSSR count). The Morgan fingerprint density at radius 2 is 2.36 bits per heavy atom. The van der Waals surface area contributed by atoms with Crippen molar-refractivity contribution in [3.05, 3.63) is 23.5 Å². The van der Waals surface area contributed by atoms with Crippen LogP contribution < -0.4 is 5.32 Å². The van der Waals surface area contributed by atoms with Crippen LogP contribution in [0.15, 0.2) is 10.6 Å². The number of rotatable bonds is 6. The summed E-state index contributed by atoms with van der Waals surface area (Å²) in [6.07, 6.45) is 0.238. The standard InChI is InChI=1S/C16H24N6O3/c1-10(2)15-18-16(20-19-15)12-9-22(6-7-24-12)5-4-14(23)17-13-8-11(3)25-21-13/h8,10,12H,4-7,9H2,1-3H3,(H,17,21,23)(H,18,19,20). The van der Waals surface area contributed by atoms with E-state index in [9.17, 15) is 4.79 Å². The second-order valence-corrected chi connectivity index (χ2v) is 6.51. The van der Waals surface area contributed by atoms with Crippen molar-refractivity contribution in [1.82, 2.24) is 25.2 Å². The van der Waals surface area contributed by atoms with Gasteiger partial charge in [0.1, 0.15) is 11.9 Å². The predicted molar refractivity (Wildman–Crippen MR) is 90.1 cm³/mol. The van der Waals surface area contributed by atoms with Crippen molar-refractivity contribution < 1.29 is 14.1 Å². The minimum absolute atomic E-state index is 0.0851. The molecule has 0 radical (unpaired) electrons. The SMILES string of the molecule is Cc1cc(NC(=O)CCN2CCOC(c3nc(C(C)C)n[nH]3)C2)no1. The van der Waals surface area contributed by atoms with Crippen molar-refractivity contribution in [2.45, 2.75) is 39.2 Å². The Balaban J connectivity index is 1.48. The van der Waals surface area contributed by atoms with Gasteiger partial charge in [-0.05, 0) is 6.92 Å². The molecule has 0 spiro atoms. The van der Waals surface area contributed by atoms with Gasteiger partial charge in [0.25, 0.3) is 0 Å². The van der Waals surface area contributed by atoms with E-state index >= 15 is 0 Å². The molecular formula is C16H24N6O3. The summed E-state index contributed by atoms with van der Waals surface area (Å²) in [5.74, 6) is 2.84. The average Bonchev–Trinajstić information content (AvgIpc) is 3.23. The van der Waals surface area contributed by atoms with E-state index in [0.717, 1.165) is 18.2 Å². The second-order valence-electron chi connectivity index (χ2n) is 6.51. The molecule has 9 nitrogen and oxygen atoms in total. The van der Waals surface area contributed by atoms with Crippen molar-refractivity contribution in [3.8, 4) is 0 Å². The molecule has 0 aromatic carbocycles. The van der Waals surface area contributed by atoms with Crippen molar-refractivity contribution in [2.24, 2.45) is 0 Å². The van der Waals surface area contributed by atoms with Crippen molar-refractivity contribution in [3.63, 3.8) is 0 Å². The topological polar surface area (TPSA) is 109 Å². The Morgan fingerprint density at radius 1 is 1.52 bits per heavy atom. The second kappa shape index (κ2) is 7.75. The molecule has 1 fully saturated rings. The lowest BCUT2D eigenvalue weighted by Crippen LogP contribution is -2.40. The molecule has 1 unspecified atom stereocenters. The predicted octanol–water partition coefficient (Wildman–Crippen LogP) is 1.63. The number of anilines is 1. The lowest BCUT2D eigenvalue weighted by atomic mass is 10.2. The minimum Gasteiger partial charge on any atom is -0.368 e. The number of aromatic amines is 1. The molecule has 1 aliphatic heterocycles. The van der Waals surface area contributed by atoms with E-state index in [-0.39, 0.29) is 17.9 Å². The summed E-state index contributed by atoms with van der Waals surface area (Å²) in [7, 11) is 0. The van der Waals surface area contributed by atoms with Crippen LogP contribution in [0.25, 0.3) is 0 Å². The fourth-order valence-corrected chi connectivity index (χ4v) is 2.65. The molecule has 1 saturated heterocycles. The van der Waals surface area contributed by atoms with Crippen LogP contribution in [0.1, 0.15) is 49.7 Å². The average molecular weight is 348 g/mol. The summed E-state index contributed by atoms with van der Waals surface area (Å²) in [6, 6.07) is 1.69. The number of nitrogens with zero attached hydrogens (tertiary/aromatic N) is 4. The Kier molecular flexibility index (Phi) is 5.44. The Labute approximate surface area is 146 Å². The highest BCUT2D eigenvalue weighted by molar-refractivity contribution is 5.89. The zero-order valence-corrected chi connectivity index (χ0v) is 14.8. The van der Waals surface area contributed by atoms with Gasteiger partial charge >= 0.3 is 0 Å². The maximum absolute atomic E-state index is 12.0. The van der Waals surface area contributed by atoms with Gasteiger partial charge in [0.2, 0.25) is 5.91 Å². The van der Waals surface area contributed by atoms with E-state index in [2.05, 4.69) is 44.4 Å². The highest BCUT2D eigenvalue weighted by atomic mass is 16.5. The van der Waals surface area contributed by atoms with E-state index in [1.807, 2.05) is 0 Å². The molecule has 1 amide bonds. The summed E-state index contributed by atoms with van der Waals surface area (Å²) in [4.78, 5) is 18.7. The molecule has 0 bridgehead atoms. The maximum Gasteiger partial charge on any atom is 0.226 e. The smallest absolute Gasteiger partial charge is 0.226 e. The molecule has 2 N–H and O–H groups in total. The first-order valence-corrected chi connectivity index (χ1v) is 8.50. The molecule has 2 aromatic rings. The first-order valence-electron chi connectivity index (χ1n) is 8.50. The third-order valence-electron chi connectivity index (χ3n) is 4.04. The van der Waals surface area contributed by atoms with Gasteiger partial charge in [0, 0.05) is 38.0 Å². The van der Waals surface area contributed by atoms with Gasteiger partial charge in [0.05, 0.1) is 6.61 Å². The van der Waals surface area contributed by atoms with Crippen LogP contribution in [0.3, 0.4) is 0 Å². The minimum atomic E-state index is -0.144. The van der Waals surface area contributed by atoms with E-state index in [0.29, 0.717) is 37.7 Å².